The van der Waals surface area contributed by atoms with Gasteiger partial charge in [-0.1, -0.05) is 30.3 Å². The largest absolute Gasteiger partial charge is 0.496 e. The quantitative estimate of drug-likeness (QED) is 0.653. The summed E-state index contributed by atoms with van der Waals surface area (Å²) < 4.78 is 10.5. The van der Waals surface area contributed by atoms with Crippen molar-refractivity contribution in [3.63, 3.8) is 0 Å². The molecule has 0 aliphatic rings. The van der Waals surface area contributed by atoms with Gasteiger partial charge in [0, 0.05) is 5.56 Å². The van der Waals surface area contributed by atoms with Crippen LogP contribution in [0.2, 0.25) is 0 Å². The smallest absolute Gasteiger partial charge is 0.277 e. The molecule has 0 fully saturated rings. The second-order valence-corrected chi connectivity index (χ2v) is 4.14. The van der Waals surface area contributed by atoms with Crippen LogP contribution in [0.15, 0.2) is 59.7 Å². The number of methoxy groups -OCH3 is 1. The molecular weight excluding hydrogens is 268 g/mol. The van der Waals surface area contributed by atoms with E-state index in [-0.39, 0.29) is 12.5 Å². The molecule has 1 amide bonds. The Morgan fingerprint density at radius 1 is 1.14 bits per heavy atom. The van der Waals surface area contributed by atoms with Crippen molar-refractivity contribution in [1.82, 2.24) is 5.43 Å². The number of nitrogens with zero attached hydrogens (tertiary/aromatic N) is 1. The van der Waals surface area contributed by atoms with Crippen molar-refractivity contribution in [1.29, 1.82) is 0 Å². The molecule has 0 atom stereocenters. The maximum absolute atomic E-state index is 11.6. The molecule has 1 N–H and O–H groups in total. The minimum atomic E-state index is -0.329. The summed E-state index contributed by atoms with van der Waals surface area (Å²) in [4.78, 5) is 11.6. The highest BCUT2D eigenvalue weighted by Crippen LogP contribution is 2.14. The summed E-state index contributed by atoms with van der Waals surface area (Å²) in [5.41, 5.74) is 3.18. The van der Waals surface area contributed by atoms with Crippen LogP contribution in [0.3, 0.4) is 0 Å². The molecule has 5 nitrogen and oxygen atoms in total. The van der Waals surface area contributed by atoms with Crippen LogP contribution in [0.5, 0.6) is 11.5 Å². The van der Waals surface area contributed by atoms with Gasteiger partial charge in [0.1, 0.15) is 11.5 Å². The average molecular weight is 284 g/mol. The van der Waals surface area contributed by atoms with Crippen LogP contribution in [-0.4, -0.2) is 25.8 Å². The van der Waals surface area contributed by atoms with Gasteiger partial charge in [0.25, 0.3) is 5.91 Å². The second kappa shape index (κ2) is 7.69. The number of hydrazone groups is 1. The third-order valence-electron chi connectivity index (χ3n) is 2.64. The highest BCUT2D eigenvalue weighted by atomic mass is 16.5. The zero-order valence-corrected chi connectivity index (χ0v) is 11.7. The summed E-state index contributed by atoms with van der Waals surface area (Å²) in [6.07, 6.45) is 1.53. The van der Waals surface area contributed by atoms with Crippen LogP contribution >= 0.6 is 0 Å². The molecule has 0 aliphatic heterocycles. The summed E-state index contributed by atoms with van der Waals surface area (Å²) in [6.45, 7) is -0.0900. The highest BCUT2D eigenvalue weighted by molar-refractivity contribution is 5.85. The number of rotatable bonds is 6. The van der Waals surface area contributed by atoms with Gasteiger partial charge in [-0.2, -0.15) is 5.10 Å². The molecule has 2 aromatic carbocycles. The minimum absolute atomic E-state index is 0.0900. The maximum atomic E-state index is 11.6. The zero-order valence-electron chi connectivity index (χ0n) is 11.7. The number of amides is 1. The first-order valence-corrected chi connectivity index (χ1v) is 6.42. The molecule has 2 aromatic rings. The van der Waals surface area contributed by atoms with Gasteiger partial charge in [-0.15, -0.1) is 0 Å². The topological polar surface area (TPSA) is 59.9 Å². The standard InChI is InChI=1S/C16H16N2O3/c1-20-15-10-6-5-7-13(15)11-17-18-16(19)12-21-14-8-3-2-4-9-14/h2-11H,12H2,1H3,(H,18,19)/b17-11-. The van der Waals surface area contributed by atoms with Crippen molar-refractivity contribution in [2.45, 2.75) is 0 Å². The third kappa shape index (κ3) is 4.65. The monoisotopic (exact) mass is 284 g/mol. The van der Waals surface area contributed by atoms with Gasteiger partial charge in [-0.3, -0.25) is 4.79 Å². The molecule has 0 bridgehead atoms. The first-order valence-electron chi connectivity index (χ1n) is 6.42. The lowest BCUT2D eigenvalue weighted by Crippen LogP contribution is -2.24. The van der Waals surface area contributed by atoms with Gasteiger partial charge < -0.3 is 9.47 Å². The predicted octanol–water partition coefficient (Wildman–Crippen LogP) is 2.22. The van der Waals surface area contributed by atoms with Crippen molar-refractivity contribution in [3.05, 3.63) is 60.2 Å². The molecule has 2 rings (SSSR count). The number of benzene rings is 2. The number of nitrogens with one attached hydrogen (secondary N) is 1. The van der Waals surface area contributed by atoms with E-state index in [1.165, 1.54) is 6.21 Å². The molecule has 108 valence electrons. The summed E-state index contributed by atoms with van der Waals surface area (Å²) in [7, 11) is 1.58. The lowest BCUT2D eigenvalue weighted by Gasteiger charge is -2.05. The molecule has 0 unspecified atom stereocenters. The molecule has 21 heavy (non-hydrogen) atoms. The lowest BCUT2D eigenvalue weighted by atomic mass is 10.2. The Bertz CT molecular complexity index is 612. The van der Waals surface area contributed by atoms with Crippen LogP contribution in [0.4, 0.5) is 0 Å². The molecule has 0 heterocycles. The van der Waals surface area contributed by atoms with E-state index in [2.05, 4.69) is 10.5 Å². The molecule has 0 radical (unpaired) electrons. The summed E-state index contributed by atoms with van der Waals surface area (Å²) >= 11 is 0. The summed E-state index contributed by atoms with van der Waals surface area (Å²) in [5.74, 6) is 1.00. The average Bonchev–Trinajstić information content (AvgIpc) is 2.54. The predicted molar refractivity (Wildman–Crippen MR) is 80.7 cm³/mol. The molecule has 0 saturated heterocycles. The third-order valence-corrected chi connectivity index (χ3v) is 2.64. The van der Waals surface area contributed by atoms with Crippen LogP contribution in [0.1, 0.15) is 5.56 Å². The van der Waals surface area contributed by atoms with Gasteiger partial charge >= 0.3 is 0 Å². The number of hydrogen-bond acceptors (Lipinski definition) is 4. The van der Waals surface area contributed by atoms with Crippen LogP contribution < -0.4 is 14.9 Å². The van der Waals surface area contributed by atoms with E-state index < -0.39 is 0 Å². The minimum Gasteiger partial charge on any atom is -0.496 e. The fourth-order valence-electron chi connectivity index (χ4n) is 1.64. The van der Waals surface area contributed by atoms with Gasteiger partial charge in [-0.05, 0) is 24.3 Å². The summed E-state index contributed by atoms with van der Waals surface area (Å²) in [5, 5.41) is 3.88. The maximum Gasteiger partial charge on any atom is 0.277 e. The highest BCUT2D eigenvalue weighted by Gasteiger charge is 2.01. The molecule has 0 aromatic heterocycles. The fourth-order valence-corrected chi connectivity index (χ4v) is 1.64. The Morgan fingerprint density at radius 3 is 2.62 bits per heavy atom. The Labute approximate surface area is 123 Å². The number of carbonyl (C=O) groups excluding carboxylic acids is 1. The number of hydrogen-bond donors (Lipinski definition) is 1. The Hall–Kier alpha value is -2.82. The van der Waals surface area contributed by atoms with E-state index in [0.29, 0.717) is 11.5 Å². The normalized spacial score (nSPS) is 10.3. The molecule has 5 heteroatoms. The van der Waals surface area contributed by atoms with Crippen LogP contribution in [-0.2, 0) is 4.79 Å². The number of carbonyl (C=O) groups is 1. The molecule has 0 spiro atoms. The fraction of sp³-hybridized carbons (Fsp3) is 0.125. The van der Waals surface area contributed by atoms with Crippen molar-refractivity contribution < 1.29 is 14.3 Å². The Morgan fingerprint density at radius 2 is 1.86 bits per heavy atom. The Kier molecular flexibility index (Phi) is 5.34. The van der Waals surface area contributed by atoms with Crippen LogP contribution in [0, 0.1) is 0 Å². The van der Waals surface area contributed by atoms with E-state index in [4.69, 9.17) is 9.47 Å². The van der Waals surface area contributed by atoms with E-state index in [9.17, 15) is 4.79 Å². The van der Waals surface area contributed by atoms with E-state index in [1.807, 2.05) is 42.5 Å². The Balaban J connectivity index is 1.82. The number of ether oxygens (including phenoxy) is 2. The first kappa shape index (κ1) is 14.6. The van der Waals surface area contributed by atoms with Gasteiger partial charge in [0.2, 0.25) is 0 Å². The van der Waals surface area contributed by atoms with Gasteiger partial charge in [-0.25, -0.2) is 5.43 Å². The summed E-state index contributed by atoms with van der Waals surface area (Å²) in [6, 6.07) is 16.5. The van der Waals surface area contributed by atoms with E-state index in [1.54, 1.807) is 19.2 Å². The zero-order chi connectivity index (χ0) is 14.9. The molecule has 0 saturated carbocycles. The molecule has 0 aliphatic carbocycles. The van der Waals surface area contributed by atoms with E-state index >= 15 is 0 Å². The van der Waals surface area contributed by atoms with Crippen LogP contribution in [0.25, 0.3) is 0 Å². The van der Waals surface area contributed by atoms with Crippen molar-refractivity contribution >= 4 is 12.1 Å². The molecular formula is C16H16N2O3. The van der Waals surface area contributed by atoms with Gasteiger partial charge in [0.05, 0.1) is 13.3 Å². The SMILES string of the molecule is COc1ccccc1/C=N\NC(=O)COc1ccccc1. The lowest BCUT2D eigenvalue weighted by molar-refractivity contribution is -0.123. The first-order chi connectivity index (χ1) is 10.3. The van der Waals surface area contributed by atoms with E-state index in [0.717, 1.165) is 5.56 Å². The second-order valence-electron chi connectivity index (χ2n) is 4.14. The van der Waals surface area contributed by atoms with Gasteiger partial charge in [0.15, 0.2) is 6.61 Å². The van der Waals surface area contributed by atoms with Crippen molar-refractivity contribution in [3.8, 4) is 11.5 Å². The van der Waals surface area contributed by atoms with Crippen molar-refractivity contribution in [2.24, 2.45) is 5.10 Å². The van der Waals surface area contributed by atoms with Crippen molar-refractivity contribution in [2.75, 3.05) is 13.7 Å². The number of para-hydroxylation sites is 2.